The van der Waals surface area contributed by atoms with Crippen molar-refractivity contribution in [3.05, 3.63) is 26.6 Å². The molecule has 1 aliphatic rings. The lowest BCUT2D eigenvalue weighted by atomic mass is 9.85. The van der Waals surface area contributed by atoms with Crippen LogP contribution in [0.5, 0.6) is 5.75 Å². The van der Waals surface area contributed by atoms with Gasteiger partial charge in [0.1, 0.15) is 5.75 Å². The molecule has 1 nitrogen and oxygen atoms in total. The zero-order valence-electron chi connectivity index (χ0n) is 11.1. The van der Waals surface area contributed by atoms with E-state index in [0.29, 0.717) is 12.0 Å². The smallest absolute Gasteiger partial charge is 0.148 e. The summed E-state index contributed by atoms with van der Waals surface area (Å²) in [5, 5.41) is 0. The minimum atomic E-state index is 0.341. The third-order valence-corrected chi connectivity index (χ3v) is 5.30. The fraction of sp³-hybridized carbons (Fsp3) is 0.600. The van der Waals surface area contributed by atoms with E-state index in [0.717, 1.165) is 32.6 Å². The Morgan fingerprint density at radius 3 is 2.53 bits per heavy atom. The Balaban J connectivity index is 2.10. The van der Waals surface area contributed by atoms with Crippen LogP contribution in [0.25, 0.3) is 0 Å². The molecule has 0 radical (unpaired) electrons. The van der Waals surface area contributed by atoms with Crippen LogP contribution in [0.1, 0.15) is 44.6 Å². The van der Waals surface area contributed by atoms with Gasteiger partial charge in [-0.2, -0.15) is 0 Å². The summed E-state index contributed by atoms with van der Waals surface area (Å²) < 4.78 is 8.18. The van der Waals surface area contributed by atoms with Gasteiger partial charge in [-0.1, -0.05) is 19.8 Å². The average Bonchev–Trinajstić information content (AvgIpc) is 2.42. The quantitative estimate of drug-likeness (QED) is 0.530. The van der Waals surface area contributed by atoms with E-state index in [2.05, 4.69) is 38.8 Å². The molecule has 19 heavy (non-hydrogen) atoms. The van der Waals surface area contributed by atoms with Gasteiger partial charge in [0.05, 0.1) is 15.0 Å². The lowest BCUT2D eigenvalue weighted by Crippen LogP contribution is -2.25. The van der Waals surface area contributed by atoms with E-state index in [1.54, 1.807) is 0 Å². The van der Waals surface area contributed by atoms with Crippen LogP contribution in [0.2, 0.25) is 0 Å². The monoisotopic (exact) mass is 408 g/mol. The number of alkyl halides is 1. The molecule has 0 bridgehead atoms. The molecule has 4 heteroatoms. The van der Waals surface area contributed by atoms with Gasteiger partial charge in [-0.15, -0.1) is 11.6 Å². The van der Waals surface area contributed by atoms with Crippen LogP contribution in [-0.2, 0) is 5.88 Å². The van der Waals surface area contributed by atoms with Crippen LogP contribution in [0.15, 0.2) is 21.1 Å². The number of benzene rings is 1. The highest BCUT2D eigenvalue weighted by Crippen LogP contribution is 2.38. The molecule has 2 rings (SSSR count). The van der Waals surface area contributed by atoms with Crippen LogP contribution in [0.3, 0.4) is 0 Å². The minimum Gasteiger partial charge on any atom is -0.488 e. The van der Waals surface area contributed by atoms with Crippen molar-refractivity contribution < 1.29 is 4.74 Å². The maximum atomic E-state index is 6.21. The lowest BCUT2D eigenvalue weighted by Gasteiger charge is -2.29. The van der Waals surface area contributed by atoms with Crippen molar-refractivity contribution in [2.24, 2.45) is 5.92 Å². The third kappa shape index (κ3) is 4.12. The van der Waals surface area contributed by atoms with E-state index >= 15 is 0 Å². The third-order valence-electron chi connectivity index (χ3n) is 3.81. The van der Waals surface area contributed by atoms with Gasteiger partial charge in [-0.05, 0) is 74.7 Å². The molecule has 0 N–H and O–H groups in total. The van der Waals surface area contributed by atoms with Gasteiger partial charge in [0.15, 0.2) is 0 Å². The first-order chi connectivity index (χ1) is 9.13. The predicted octanol–water partition coefficient (Wildman–Crippen LogP) is 6.30. The van der Waals surface area contributed by atoms with Gasteiger partial charge >= 0.3 is 0 Å². The molecule has 1 aromatic carbocycles. The molecule has 106 valence electrons. The summed E-state index contributed by atoms with van der Waals surface area (Å²) in [6.45, 7) is 2.27. The second-order valence-electron chi connectivity index (χ2n) is 5.20. The molecule has 1 aliphatic carbocycles. The number of halogens is 3. The highest BCUT2D eigenvalue weighted by Gasteiger charge is 2.23. The molecule has 0 saturated heterocycles. The van der Waals surface area contributed by atoms with Gasteiger partial charge in [-0.25, -0.2) is 0 Å². The molecule has 0 heterocycles. The Kier molecular flexibility index (Phi) is 6.04. The minimum absolute atomic E-state index is 0.341. The summed E-state index contributed by atoms with van der Waals surface area (Å²) in [7, 11) is 0. The van der Waals surface area contributed by atoms with Crippen molar-refractivity contribution in [1.29, 1.82) is 0 Å². The highest BCUT2D eigenvalue weighted by atomic mass is 79.9. The lowest BCUT2D eigenvalue weighted by molar-refractivity contribution is 0.120. The topological polar surface area (TPSA) is 9.23 Å². The van der Waals surface area contributed by atoms with Crippen LogP contribution in [0.4, 0.5) is 0 Å². The number of ether oxygens (including phenoxy) is 1. The van der Waals surface area contributed by atoms with Gasteiger partial charge in [0.25, 0.3) is 0 Å². The number of hydrogen-bond acceptors (Lipinski definition) is 1. The Bertz CT molecular complexity index is 413. The fourth-order valence-electron chi connectivity index (χ4n) is 2.69. The molecule has 0 amide bonds. The average molecular weight is 411 g/mol. The van der Waals surface area contributed by atoms with E-state index in [1.165, 1.54) is 25.7 Å². The molecule has 2 unspecified atom stereocenters. The summed E-state index contributed by atoms with van der Waals surface area (Å²) in [6, 6.07) is 4.07. The highest BCUT2D eigenvalue weighted by molar-refractivity contribution is 9.11. The second-order valence-corrected chi connectivity index (χ2v) is 7.18. The fourth-order valence-corrected chi connectivity index (χ4v) is 4.31. The van der Waals surface area contributed by atoms with Crippen LogP contribution in [-0.4, -0.2) is 6.10 Å². The summed E-state index contributed by atoms with van der Waals surface area (Å²) in [6.07, 6.45) is 6.56. The molecule has 0 aromatic heterocycles. The van der Waals surface area contributed by atoms with E-state index in [9.17, 15) is 0 Å². The van der Waals surface area contributed by atoms with Crippen molar-refractivity contribution in [3.63, 3.8) is 0 Å². The molecule has 1 saturated carbocycles. The molecular weight excluding hydrogens is 391 g/mol. The van der Waals surface area contributed by atoms with Crippen molar-refractivity contribution in [2.45, 2.75) is 51.0 Å². The Hall–Kier alpha value is 0.270. The first-order valence-corrected chi connectivity index (χ1v) is 8.96. The molecule has 0 aliphatic heterocycles. The Labute approximate surface area is 137 Å². The summed E-state index contributed by atoms with van der Waals surface area (Å²) in [5.41, 5.74) is 1.09. The van der Waals surface area contributed by atoms with Gasteiger partial charge in [0.2, 0.25) is 0 Å². The first-order valence-electron chi connectivity index (χ1n) is 6.84. The van der Waals surface area contributed by atoms with Gasteiger partial charge in [0, 0.05) is 5.88 Å². The van der Waals surface area contributed by atoms with Crippen LogP contribution in [0, 0.1) is 5.92 Å². The normalized spacial score (nSPS) is 23.4. The summed E-state index contributed by atoms with van der Waals surface area (Å²) in [4.78, 5) is 0. The molecular formula is C15H19Br2ClO. The number of rotatable bonds is 4. The predicted molar refractivity (Wildman–Crippen MR) is 88.1 cm³/mol. The van der Waals surface area contributed by atoms with E-state index in [4.69, 9.17) is 16.3 Å². The second kappa shape index (κ2) is 7.33. The SMILES string of the molecule is CCC1CCCC(Oc2c(Br)cc(CCl)cc2Br)C1. The Morgan fingerprint density at radius 2 is 1.95 bits per heavy atom. The van der Waals surface area contributed by atoms with Crippen LogP contribution < -0.4 is 4.74 Å². The van der Waals surface area contributed by atoms with Gasteiger partial charge in [-0.3, -0.25) is 0 Å². The zero-order valence-corrected chi connectivity index (χ0v) is 15.0. The van der Waals surface area contributed by atoms with E-state index in [-0.39, 0.29) is 0 Å². The Morgan fingerprint density at radius 1 is 1.26 bits per heavy atom. The first kappa shape index (κ1) is 15.7. The van der Waals surface area contributed by atoms with Crippen molar-refractivity contribution in [2.75, 3.05) is 0 Å². The maximum Gasteiger partial charge on any atom is 0.148 e. The molecule has 2 atom stereocenters. The molecule has 1 aromatic rings. The largest absolute Gasteiger partial charge is 0.488 e. The van der Waals surface area contributed by atoms with Crippen molar-refractivity contribution in [1.82, 2.24) is 0 Å². The summed E-state index contributed by atoms with van der Waals surface area (Å²) in [5.74, 6) is 2.24. The summed E-state index contributed by atoms with van der Waals surface area (Å²) >= 11 is 13.0. The van der Waals surface area contributed by atoms with Crippen molar-refractivity contribution >= 4 is 43.5 Å². The number of hydrogen-bond donors (Lipinski definition) is 0. The standard InChI is InChI=1S/C15H19Br2ClO/c1-2-10-4-3-5-12(6-10)19-15-13(16)7-11(9-18)8-14(15)17/h7-8,10,12H,2-6,9H2,1H3. The van der Waals surface area contributed by atoms with E-state index in [1.807, 2.05) is 12.1 Å². The van der Waals surface area contributed by atoms with E-state index < -0.39 is 0 Å². The molecule has 0 spiro atoms. The van der Waals surface area contributed by atoms with Crippen LogP contribution >= 0.6 is 43.5 Å². The molecule has 1 fully saturated rings. The maximum absolute atomic E-state index is 6.21. The van der Waals surface area contributed by atoms with Gasteiger partial charge < -0.3 is 4.74 Å². The van der Waals surface area contributed by atoms with Crippen molar-refractivity contribution in [3.8, 4) is 5.75 Å². The zero-order chi connectivity index (χ0) is 13.8.